The fourth-order valence-corrected chi connectivity index (χ4v) is 3.74. The summed E-state index contributed by atoms with van der Waals surface area (Å²) in [7, 11) is 0. The lowest BCUT2D eigenvalue weighted by atomic mass is 9.95. The maximum atomic E-state index is 13.1. The van der Waals surface area contributed by atoms with Gasteiger partial charge >= 0.3 is 0 Å². The summed E-state index contributed by atoms with van der Waals surface area (Å²) in [6.07, 6.45) is 0. The average molecular weight is 382 g/mol. The predicted octanol–water partition coefficient (Wildman–Crippen LogP) is 4.64. The van der Waals surface area contributed by atoms with Crippen LogP contribution >= 0.6 is 11.6 Å². The number of rotatable bonds is 4. The first-order valence-electron chi connectivity index (χ1n) is 8.89. The average Bonchev–Trinajstić information content (AvgIpc) is 3.17. The molecule has 0 bridgehead atoms. The molecule has 1 aromatic heterocycles. The molecule has 1 aliphatic heterocycles. The zero-order chi connectivity index (χ0) is 19.1. The second-order valence-electron chi connectivity index (χ2n) is 7.21. The summed E-state index contributed by atoms with van der Waals surface area (Å²) in [4.78, 5) is 14.9. The van der Waals surface area contributed by atoms with E-state index in [2.05, 4.69) is 24.0 Å². The van der Waals surface area contributed by atoms with Gasteiger partial charge in [-0.25, -0.2) is 0 Å². The summed E-state index contributed by atoms with van der Waals surface area (Å²) < 4.78 is 0. The van der Waals surface area contributed by atoms with Crippen molar-refractivity contribution in [1.82, 2.24) is 15.1 Å². The van der Waals surface area contributed by atoms with E-state index in [9.17, 15) is 9.90 Å². The van der Waals surface area contributed by atoms with Crippen molar-refractivity contribution in [2.24, 2.45) is 5.92 Å². The number of hydrogen-bond acceptors (Lipinski definition) is 3. The number of carbonyl (C=O) groups is 1. The Morgan fingerprint density at radius 1 is 1.15 bits per heavy atom. The molecule has 27 heavy (non-hydrogen) atoms. The van der Waals surface area contributed by atoms with Crippen molar-refractivity contribution in [2.45, 2.75) is 19.9 Å². The van der Waals surface area contributed by atoms with Gasteiger partial charge in [0.2, 0.25) is 0 Å². The zero-order valence-corrected chi connectivity index (χ0v) is 15.9. The minimum absolute atomic E-state index is 0.0514. The van der Waals surface area contributed by atoms with E-state index in [0.717, 1.165) is 22.4 Å². The van der Waals surface area contributed by atoms with Crippen LogP contribution in [-0.2, 0) is 0 Å². The van der Waals surface area contributed by atoms with Gasteiger partial charge in [-0.1, -0.05) is 49.7 Å². The Morgan fingerprint density at radius 3 is 2.44 bits per heavy atom. The van der Waals surface area contributed by atoms with E-state index in [1.807, 2.05) is 41.3 Å². The maximum absolute atomic E-state index is 13.1. The van der Waals surface area contributed by atoms with Crippen molar-refractivity contribution >= 4 is 17.5 Å². The monoisotopic (exact) mass is 381 g/mol. The van der Waals surface area contributed by atoms with Crippen molar-refractivity contribution in [3.8, 4) is 17.0 Å². The zero-order valence-electron chi connectivity index (χ0n) is 15.1. The van der Waals surface area contributed by atoms with Gasteiger partial charge in [-0.15, -0.1) is 0 Å². The van der Waals surface area contributed by atoms with Crippen LogP contribution in [0.4, 0.5) is 0 Å². The molecule has 2 N–H and O–H groups in total. The first kappa shape index (κ1) is 17.6. The van der Waals surface area contributed by atoms with Crippen LogP contribution in [0.5, 0.6) is 5.75 Å². The van der Waals surface area contributed by atoms with Crippen LogP contribution in [0.15, 0.2) is 48.5 Å². The van der Waals surface area contributed by atoms with E-state index in [-0.39, 0.29) is 17.7 Å². The number of phenols is 1. The number of H-pyrrole nitrogens is 1. The van der Waals surface area contributed by atoms with Gasteiger partial charge in [0.1, 0.15) is 11.4 Å². The molecule has 1 aliphatic rings. The Morgan fingerprint density at radius 2 is 1.81 bits per heavy atom. The summed E-state index contributed by atoms with van der Waals surface area (Å²) in [5.74, 6) is 0.470. The van der Waals surface area contributed by atoms with Crippen LogP contribution in [-0.4, -0.2) is 32.7 Å². The largest absolute Gasteiger partial charge is 0.508 e. The second-order valence-corrected chi connectivity index (χ2v) is 7.65. The van der Waals surface area contributed by atoms with E-state index in [1.54, 1.807) is 12.1 Å². The van der Waals surface area contributed by atoms with Crippen molar-refractivity contribution in [1.29, 1.82) is 0 Å². The Kier molecular flexibility index (Phi) is 4.40. The van der Waals surface area contributed by atoms with E-state index in [1.165, 1.54) is 0 Å². The van der Waals surface area contributed by atoms with E-state index < -0.39 is 0 Å². The highest BCUT2D eigenvalue weighted by Gasteiger charge is 2.42. The minimum Gasteiger partial charge on any atom is -0.508 e. The van der Waals surface area contributed by atoms with E-state index in [4.69, 9.17) is 11.6 Å². The number of fused-ring (bicyclic) bond motifs is 1. The number of nitrogens with one attached hydrogen (secondary N) is 1. The number of nitrogens with zero attached hydrogens (tertiary/aromatic N) is 2. The molecule has 3 aromatic rings. The molecule has 6 heteroatoms. The Bertz CT molecular complexity index is 978. The molecule has 2 aromatic carbocycles. The first-order valence-corrected chi connectivity index (χ1v) is 9.27. The number of hydrogen-bond donors (Lipinski definition) is 2. The van der Waals surface area contributed by atoms with Gasteiger partial charge in [0, 0.05) is 22.7 Å². The number of benzene rings is 2. The fraction of sp³-hybridized carbons (Fsp3) is 0.238. The molecule has 1 atom stereocenters. The topological polar surface area (TPSA) is 69.2 Å². The number of halogens is 1. The lowest BCUT2D eigenvalue weighted by Crippen LogP contribution is -2.32. The first-order chi connectivity index (χ1) is 13.0. The van der Waals surface area contributed by atoms with Gasteiger partial charge in [-0.2, -0.15) is 5.10 Å². The molecule has 1 amide bonds. The lowest BCUT2D eigenvalue weighted by molar-refractivity contribution is 0.0722. The number of aromatic hydroxyl groups is 1. The number of amides is 1. The third kappa shape index (κ3) is 3.08. The van der Waals surface area contributed by atoms with Gasteiger partial charge < -0.3 is 10.0 Å². The summed E-state index contributed by atoms with van der Waals surface area (Å²) in [5.41, 5.74) is 3.99. The lowest BCUT2D eigenvalue weighted by Gasteiger charge is -2.28. The molecule has 0 spiro atoms. The molecule has 4 rings (SSSR count). The second kappa shape index (κ2) is 6.74. The van der Waals surface area contributed by atoms with Crippen molar-refractivity contribution in [3.05, 3.63) is 70.4 Å². The van der Waals surface area contributed by atoms with Gasteiger partial charge in [0.15, 0.2) is 0 Å². The van der Waals surface area contributed by atoms with Crippen LogP contribution < -0.4 is 0 Å². The van der Waals surface area contributed by atoms with Crippen molar-refractivity contribution in [3.63, 3.8) is 0 Å². The Hall–Kier alpha value is -2.79. The van der Waals surface area contributed by atoms with Crippen molar-refractivity contribution in [2.75, 3.05) is 6.54 Å². The molecule has 2 heterocycles. The van der Waals surface area contributed by atoms with Crippen LogP contribution in [0.1, 0.15) is 41.5 Å². The minimum atomic E-state index is -0.250. The molecule has 0 fully saturated rings. The SMILES string of the molecule is CC(C)CN1C(=O)c2[nH]nc(-c3ccc(Cl)cc3)c2C1c1ccc(O)cc1. The molecule has 5 nitrogen and oxygen atoms in total. The van der Waals surface area contributed by atoms with Crippen LogP contribution in [0.3, 0.4) is 0 Å². The van der Waals surface area contributed by atoms with Gasteiger partial charge in [-0.05, 0) is 35.7 Å². The van der Waals surface area contributed by atoms with Crippen LogP contribution in [0.25, 0.3) is 11.3 Å². The number of aromatic amines is 1. The quantitative estimate of drug-likeness (QED) is 0.691. The Labute approximate surface area is 162 Å². The standard InChI is InChI=1S/C21H20ClN3O2/c1-12(2)11-25-20(14-5-9-16(26)10-6-14)17-18(23-24-19(17)21(25)27)13-3-7-15(22)8-4-13/h3-10,12,20,26H,11H2,1-2H3,(H,23,24). The third-order valence-corrected chi connectivity index (χ3v) is 5.00. The molecule has 1 unspecified atom stereocenters. The Balaban J connectivity index is 1.87. The highest BCUT2D eigenvalue weighted by Crippen LogP contribution is 2.43. The summed E-state index contributed by atoms with van der Waals surface area (Å²) >= 11 is 6.02. The van der Waals surface area contributed by atoms with E-state index in [0.29, 0.717) is 23.2 Å². The number of aromatic nitrogens is 2. The number of phenolic OH excluding ortho intramolecular Hbond substituents is 1. The summed E-state index contributed by atoms with van der Waals surface area (Å²) in [5, 5.41) is 17.7. The molecule has 0 saturated carbocycles. The summed E-state index contributed by atoms with van der Waals surface area (Å²) in [6, 6.07) is 14.2. The van der Waals surface area contributed by atoms with E-state index >= 15 is 0 Å². The van der Waals surface area contributed by atoms with Gasteiger partial charge in [0.25, 0.3) is 5.91 Å². The molecule has 0 saturated heterocycles. The molecular weight excluding hydrogens is 362 g/mol. The fourth-order valence-electron chi connectivity index (χ4n) is 3.61. The van der Waals surface area contributed by atoms with Crippen molar-refractivity contribution < 1.29 is 9.90 Å². The predicted molar refractivity (Wildman–Crippen MR) is 105 cm³/mol. The van der Waals surface area contributed by atoms with Gasteiger partial charge in [-0.3, -0.25) is 9.89 Å². The highest BCUT2D eigenvalue weighted by molar-refractivity contribution is 6.30. The van der Waals surface area contributed by atoms with Crippen LogP contribution in [0.2, 0.25) is 5.02 Å². The van der Waals surface area contributed by atoms with Crippen LogP contribution in [0, 0.1) is 5.92 Å². The smallest absolute Gasteiger partial charge is 0.273 e. The third-order valence-electron chi connectivity index (χ3n) is 4.75. The summed E-state index contributed by atoms with van der Waals surface area (Å²) in [6.45, 7) is 4.81. The normalized spacial score (nSPS) is 16.2. The maximum Gasteiger partial charge on any atom is 0.273 e. The highest BCUT2D eigenvalue weighted by atomic mass is 35.5. The number of carbonyl (C=O) groups excluding carboxylic acids is 1. The van der Waals surface area contributed by atoms with Gasteiger partial charge in [0.05, 0.1) is 11.7 Å². The molecule has 0 radical (unpaired) electrons. The molecule has 0 aliphatic carbocycles. The molecule has 138 valence electrons. The molecular formula is C21H20ClN3O2.